The Morgan fingerprint density at radius 2 is 1.86 bits per heavy atom. The van der Waals surface area contributed by atoms with E-state index in [0.717, 1.165) is 41.3 Å². The Hall–Kier alpha value is -1.35. The normalized spacial score (nSPS) is 11.7. The number of unbranched alkanes of at least 4 members (excludes halogenated alkanes) is 2. The molecule has 3 N–H and O–H groups in total. The van der Waals surface area contributed by atoms with E-state index in [1.807, 2.05) is 30.3 Å². The minimum atomic E-state index is -3.56. The van der Waals surface area contributed by atoms with Crippen LogP contribution in [0.5, 0.6) is 0 Å². The number of hydrogen-bond acceptors (Lipinski definition) is 5. The van der Waals surface area contributed by atoms with Crippen molar-refractivity contribution in [2.24, 2.45) is 5.14 Å². The highest BCUT2D eigenvalue weighted by atomic mass is 32.2. The van der Waals surface area contributed by atoms with Crippen molar-refractivity contribution in [3.63, 3.8) is 0 Å². The summed E-state index contributed by atoms with van der Waals surface area (Å²) in [5.41, 5.74) is 1.08. The molecule has 0 atom stereocenters. The fourth-order valence-corrected chi connectivity index (χ4v) is 3.16. The van der Waals surface area contributed by atoms with Gasteiger partial charge in [0.05, 0.1) is 0 Å². The van der Waals surface area contributed by atoms with Crippen LogP contribution in [0.3, 0.4) is 0 Å². The average molecular weight is 326 g/mol. The third-order valence-corrected chi connectivity index (χ3v) is 4.50. The Kier molecular flexibility index (Phi) is 5.80. The molecule has 1 aromatic carbocycles. The molecule has 0 unspecified atom stereocenters. The van der Waals surface area contributed by atoms with E-state index in [4.69, 9.17) is 5.14 Å². The van der Waals surface area contributed by atoms with Crippen LogP contribution in [0.4, 0.5) is 0 Å². The third kappa shape index (κ3) is 5.88. The number of nitrogens with one attached hydrogen (secondary N) is 1. The molecule has 6 nitrogen and oxygen atoms in total. The van der Waals surface area contributed by atoms with E-state index in [1.165, 1.54) is 0 Å². The Balaban J connectivity index is 1.72. The molecule has 0 amide bonds. The molecule has 21 heavy (non-hydrogen) atoms. The lowest BCUT2D eigenvalue weighted by molar-refractivity contribution is 0.576. The molecule has 2 aromatic rings. The van der Waals surface area contributed by atoms with Crippen LogP contribution >= 0.6 is 11.3 Å². The summed E-state index contributed by atoms with van der Waals surface area (Å²) in [6.45, 7) is 0.379. The van der Waals surface area contributed by atoms with Crippen molar-refractivity contribution in [1.29, 1.82) is 0 Å². The predicted octanol–water partition coefficient (Wildman–Crippen LogP) is 1.71. The first kappa shape index (κ1) is 16.0. The van der Waals surface area contributed by atoms with Gasteiger partial charge < -0.3 is 0 Å². The highest BCUT2D eigenvalue weighted by molar-refractivity contribution is 7.87. The molecule has 1 heterocycles. The van der Waals surface area contributed by atoms with Gasteiger partial charge in [0.2, 0.25) is 0 Å². The molecule has 0 fully saturated rings. The topological polar surface area (TPSA) is 98.0 Å². The summed E-state index contributed by atoms with van der Waals surface area (Å²) >= 11 is 1.60. The Bertz CT molecular complexity index is 656. The molecule has 0 aliphatic heterocycles. The highest BCUT2D eigenvalue weighted by Gasteiger charge is 2.06. The second-order valence-corrected chi connectivity index (χ2v) is 7.06. The first-order valence-electron chi connectivity index (χ1n) is 6.70. The third-order valence-electron chi connectivity index (χ3n) is 2.86. The molecular formula is C13H18N4O2S2. The lowest BCUT2D eigenvalue weighted by Crippen LogP contribution is -2.31. The molecule has 0 aliphatic carbocycles. The standard InChI is InChI=1S/C13H18N4O2S2/c14-21(18,19)15-10-6-2-5-9-12-16-17-13(20-12)11-7-3-1-4-8-11/h1,3-4,7-8,15H,2,5-6,9-10H2,(H2,14,18,19). The van der Waals surface area contributed by atoms with Gasteiger partial charge in [-0.2, -0.15) is 8.42 Å². The zero-order valence-electron chi connectivity index (χ0n) is 11.5. The molecule has 0 saturated heterocycles. The van der Waals surface area contributed by atoms with Gasteiger partial charge in [-0.15, -0.1) is 10.2 Å². The smallest absolute Gasteiger partial charge is 0.216 e. The van der Waals surface area contributed by atoms with Gasteiger partial charge in [-0.05, 0) is 12.8 Å². The molecule has 1 aromatic heterocycles. The zero-order chi connectivity index (χ0) is 15.1. The van der Waals surface area contributed by atoms with E-state index in [2.05, 4.69) is 14.9 Å². The maximum absolute atomic E-state index is 10.7. The molecule has 8 heteroatoms. The van der Waals surface area contributed by atoms with Gasteiger partial charge in [0.1, 0.15) is 10.0 Å². The summed E-state index contributed by atoms with van der Waals surface area (Å²) in [7, 11) is -3.56. The van der Waals surface area contributed by atoms with Crippen molar-refractivity contribution in [3.05, 3.63) is 35.3 Å². The number of hydrogen-bond donors (Lipinski definition) is 2. The molecule has 2 rings (SSSR count). The summed E-state index contributed by atoms with van der Waals surface area (Å²) in [6.07, 6.45) is 3.50. The van der Waals surface area contributed by atoms with Crippen LogP contribution in [-0.4, -0.2) is 25.2 Å². The lowest BCUT2D eigenvalue weighted by atomic mass is 10.2. The SMILES string of the molecule is NS(=O)(=O)NCCCCCc1nnc(-c2ccccc2)s1. The monoisotopic (exact) mass is 326 g/mol. The first-order chi connectivity index (χ1) is 10.0. The highest BCUT2D eigenvalue weighted by Crippen LogP contribution is 2.23. The minimum absolute atomic E-state index is 0.379. The number of nitrogens with two attached hydrogens (primary N) is 1. The van der Waals surface area contributed by atoms with E-state index >= 15 is 0 Å². The number of nitrogens with zero attached hydrogens (tertiary/aromatic N) is 2. The minimum Gasteiger partial charge on any atom is -0.216 e. The van der Waals surface area contributed by atoms with Crippen LogP contribution in [0, 0.1) is 0 Å². The van der Waals surface area contributed by atoms with Crippen LogP contribution in [-0.2, 0) is 16.6 Å². The number of rotatable bonds is 8. The van der Waals surface area contributed by atoms with Gasteiger partial charge in [0, 0.05) is 18.5 Å². The fourth-order valence-electron chi connectivity index (χ4n) is 1.84. The van der Waals surface area contributed by atoms with Crippen LogP contribution in [0.15, 0.2) is 30.3 Å². The molecule has 0 saturated carbocycles. The maximum atomic E-state index is 10.7. The van der Waals surface area contributed by atoms with E-state index in [1.54, 1.807) is 11.3 Å². The van der Waals surface area contributed by atoms with Gasteiger partial charge in [0.25, 0.3) is 10.2 Å². The quantitative estimate of drug-likeness (QED) is 0.722. The average Bonchev–Trinajstić information content (AvgIpc) is 2.91. The molecule has 0 spiro atoms. The van der Waals surface area contributed by atoms with Gasteiger partial charge in [-0.25, -0.2) is 9.86 Å². The van der Waals surface area contributed by atoms with Crippen molar-refractivity contribution >= 4 is 21.5 Å². The van der Waals surface area contributed by atoms with Crippen molar-refractivity contribution in [2.75, 3.05) is 6.54 Å². The van der Waals surface area contributed by atoms with Crippen molar-refractivity contribution < 1.29 is 8.42 Å². The predicted molar refractivity (Wildman–Crippen MR) is 84.0 cm³/mol. The van der Waals surface area contributed by atoms with Gasteiger partial charge in [-0.3, -0.25) is 0 Å². The summed E-state index contributed by atoms with van der Waals surface area (Å²) in [4.78, 5) is 0. The van der Waals surface area contributed by atoms with Crippen LogP contribution in [0.25, 0.3) is 10.6 Å². The summed E-state index contributed by atoms with van der Waals surface area (Å²) in [6, 6.07) is 9.97. The van der Waals surface area contributed by atoms with Crippen molar-refractivity contribution in [3.8, 4) is 10.6 Å². The van der Waals surface area contributed by atoms with Gasteiger partial charge in [-0.1, -0.05) is 48.1 Å². The molecular weight excluding hydrogens is 308 g/mol. The molecule has 0 bridgehead atoms. The molecule has 0 radical (unpaired) electrons. The largest absolute Gasteiger partial charge is 0.274 e. The Morgan fingerprint density at radius 3 is 2.57 bits per heavy atom. The van der Waals surface area contributed by atoms with E-state index in [0.29, 0.717) is 6.54 Å². The zero-order valence-corrected chi connectivity index (χ0v) is 13.2. The van der Waals surface area contributed by atoms with E-state index in [9.17, 15) is 8.42 Å². The van der Waals surface area contributed by atoms with Crippen LogP contribution in [0.1, 0.15) is 24.3 Å². The van der Waals surface area contributed by atoms with E-state index < -0.39 is 10.2 Å². The second-order valence-electron chi connectivity index (χ2n) is 4.62. The summed E-state index contributed by atoms with van der Waals surface area (Å²) < 4.78 is 23.6. The first-order valence-corrected chi connectivity index (χ1v) is 9.06. The number of aromatic nitrogens is 2. The van der Waals surface area contributed by atoms with E-state index in [-0.39, 0.29) is 0 Å². The van der Waals surface area contributed by atoms with Crippen molar-refractivity contribution in [1.82, 2.24) is 14.9 Å². The molecule has 114 valence electrons. The molecule has 0 aliphatic rings. The summed E-state index contributed by atoms with van der Waals surface area (Å²) in [5, 5.41) is 15.2. The van der Waals surface area contributed by atoms with Gasteiger partial charge >= 0.3 is 0 Å². The number of benzene rings is 1. The second kappa shape index (κ2) is 7.60. The maximum Gasteiger partial charge on any atom is 0.274 e. The Labute approximate surface area is 128 Å². The fraction of sp³-hybridized carbons (Fsp3) is 0.385. The summed E-state index contributed by atoms with van der Waals surface area (Å²) in [5.74, 6) is 0. The lowest BCUT2D eigenvalue weighted by Gasteiger charge is -2.00. The van der Waals surface area contributed by atoms with Crippen LogP contribution < -0.4 is 9.86 Å². The number of aryl methyl sites for hydroxylation is 1. The van der Waals surface area contributed by atoms with Gasteiger partial charge in [0.15, 0.2) is 0 Å². The Morgan fingerprint density at radius 1 is 1.10 bits per heavy atom. The van der Waals surface area contributed by atoms with Crippen molar-refractivity contribution in [2.45, 2.75) is 25.7 Å². The van der Waals surface area contributed by atoms with Crippen LogP contribution in [0.2, 0.25) is 0 Å².